The molecule has 2 atom stereocenters. The van der Waals surface area contributed by atoms with Gasteiger partial charge in [0.15, 0.2) is 0 Å². The van der Waals surface area contributed by atoms with Gasteiger partial charge in [0.25, 0.3) is 0 Å². The molecular formula is C13H18N2OS. The van der Waals surface area contributed by atoms with Crippen molar-refractivity contribution in [1.29, 1.82) is 0 Å². The van der Waals surface area contributed by atoms with E-state index in [4.69, 9.17) is 0 Å². The summed E-state index contributed by atoms with van der Waals surface area (Å²) < 4.78 is 0. The number of nitrogens with one attached hydrogen (secondary N) is 1. The minimum Gasteiger partial charge on any atom is -0.318 e. The summed E-state index contributed by atoms with van der Waals surface area (Å²) in [4.78, 5) is 13.9. The van der Waals surface area contributed by atoms with Gasteiger partial charge in [-0.15, -0.1) is 0 Å². The van der Waals surface area contributed by atoms with E-state index in [1.54, 1.807) is 11.8 Å². The Kier molecular flexibility index (Phi) is 4.07. The van der Waals surface area contributed by atoms with Gasteiger partial charge < -0.3 is 4.90 Å². The number of carbonyl (C=O) groups is 1. The van der Waals surface area contributed by atoms with Crippen LogP contribution in [0.25, 0.3) is 0 Å². The first-order valence-electron chi connectivity index (χ1n) is 5.82. The van der Waals surface area contributed by atoms with Gasteiger partial charge in [-0.3, -0.25) is 10.1 Å². The molecule has 0 aromatic heterocycles. The first kappa shape index (κ1) is 12.5. The minimum absolute atomic E-state index is 0.0332. The average molecular weight is 250 g/mol. The number of carbonyl (C=O) groups excluding carboxylic acids is 1. The fourth-order valence-electron chi connectivity index (χ4n) is 2.25. The lowest BCUT2D eigenvalue weighted by Gasteiger charge is -2.30. The van der Waals surface area contributed by atoms with Crippen molar-refractivity contribution in [2.24, 2.45) is 0 Å². The molecule has 17 heavy (non-hydrogen) atoms. The molecule has 92 valence electrons. The standard InChI is InChI=1S/C13H18N2OS/c1-10(9-17-2)15-12(16)8-14-13(15)11-6-4-3-5-7-11/h3-7,10,13-14H,8-9H2,1-2H3. The van der Waals surface area contributed by atoms with E-state index in [9.17, 15) is 4.79 Å². The number of hydrogen-bond donors (Lipinski definition) is 1. The topological polar surface area (TPSA) is 32.3 Å². The molecule has 0 bridgehead atoms. The van der Waals surface area contributed by atoms with Crippen LogP contribution in [0.3, 0.4) is 0 Å². The minimum atomic E-state index is 0.0332. The zero-order valence-electron chi connectivity index (χ0n) is 10.2. The lowest BCUT2D eigenvalue weighted by Crippen LogP contribution is -2.39. The Balaban J connectivity index is 2.19. The van der Waals surface area contributed by atoms with E-state index in [0.717, 1.165) is 11.3 Å². The Morgan fingerprint density at radius 2 is 2.18 bits per heavy atom. The molecule has 4 heteroatoms. The van der Waals surface area contributed by atoms with Crippen molar-refractivity contribution in [2.75, 3.05) is 18.6 Å². The highest BCUT2D eigenvalue weighted by molar-refractivity contribution is 7.98. The van der Waals surface area contributed by atoms with Gasteiger partial charge in [0, 0.05) is 11.8 Å². The second kappa shape index (κ2) is 5.56. The summed E-state index contributed by atoms with van der Waals surface area (Å²) in [6.45, 7) is 2.55. The number of hydrogen-bond acceptors (Lipinski definition) is 3. The number of thioether (sulfide) groups is 1. The summed E-state index contributed by atoms with van der Waals surface area (Å²) in [5.74, 6) is 1.16. The molecule has 1 aliphatic rings. The molecule has 1 N–H and O–H groups in total. The van der Waals surface area contributed by atoms with Gasteiger partial charge in [-0.25, -0.2) is 0 Å². The van der Waals surface area contributed by atoms with Crippen LogP contribution in [0.15, 0.2) is 30.3 Å². The lowest BCUT2D eigenvalue weighted by molar-refractivity contribution is -0.129. The SMILES string of the molecule is CSCC(C)N1C(=O)CNC1c1ccccc1. The van der Waals surface area contributed by atoms with Crippen molar-refractivity contribution in [1.82, 2.24) is 10.2 Å². The Morgan fingerprint density at radius 1 is 1.47 bits per heavy atom. The molecule has 1 amide bonds. The maximum Gasteiger partial charge on any atom is 0.238 e. The van der Waals surface area contributed by atoms with Crippen molar-refractivity contribution in [3.8, 4) is 0 Å². The Bertz CT molecular complexity index is 382. The fraction of sp³-hybridized carbons (Fsp3) is 0.462. The first-order chi connectivity index (χ1) is 8.24. The van der Waals surface area contributed by atoms with E-state index < -0.39 is 0 Å². The van der Waals surface area contributed by atoms with Gasteiger partial charge in [-0.2, -0.15) is 11.8 Å². The maximum atomic E-state index is 11.9. The molecule has 0 spiro atoms. The van der Waals surface area contributed by atoms with Crippen molar-refractivity contribution in [3.63, 3.8) is 0 Å². The van der Waals surface area contributed by atoms with E-state index in [0.29, 0.717) is 6.54 Å². The third kappa shape index (κ3) is 2.64. The van der Waals surface area contributed by atoms with Crippen molar-refractivity contribution in [2.45, 2.75) is 19.1 Å². The predicted octanol–water partition coefficient (Wildman–Crippen LogP) is 1.87. The Hall–Kier alpha value is -1.00. The number of amides is 1. The van der Waals surface area contributed by atoms with Gasteiger partial charge in [-0.1, -0.05) is 30.3 Å². The fourth-order valence-corrected chi connectivity index (χ4v) is 2.90. The van der Waals surface area contributed by atoms with Gasteiger partial charge in [0.05, 0.1) is 6.54 Å². The van der Waals surface area contributed by atoms with Gasteiger partial charge in [0.2, 0.25) is 5.91 Å². The molecule has 1 aromatic carbocycles. The largest absolute Gasteiger partial charge is 0.318 e. The third-order valence-electron chi connectivity index (χ3n) is 3.01. The summed E-state index contributed by atoms with van der Waals surface area (Å²) in [5.41, 5.74) is 1.16. The van der Waals surface area contributed by atoms with Crippen LogP contribution in [0.5, 0.6) is 0 Å². The van der Waals surface area contributed by atoms with Crippen LogP contribution in [-0.2, 0) is 4.79 Å². The van der Waals surface area contributed by atoms with Crippen LogP contribution in [0.1, 0.15) is 18.7 Å². The maximum absolute atomic E-state index is 11.9. The highest BCUT2D eigenvalue weighted by Gasteiger charge is 2.34. The van der Waals surface area contributed by atoms with Gasteiger partial charge >= 0.3 is 0 Å². The number of benzene rings is 1. The molecule has 1 heterocycles. The van der Waals surface area contributed by atoms with Crippen LogP contribution in [0.2, 0.25) is 0 Å². The molecule has 0 radical (unpaired) electrons. The zero-order chi connectivity index (χ0) is 12.3. The average Bonchev–Trinajstić information content (AvgIpc) is 2.73. The van der Waals surface area contributed by atoms with Crippen LogP contribution in [0, 0.1) is 0 Å². The molecule has 1 saturated heterocycles. The molecular weight excluding hydrogens is 232 g/mol. The third-order valence-corrected chi connectivity index (χ3v) is 3.83. The molecule has 3 nitrogen and oxygen atoms in total. The molecule has 0 aliphatic carbocycles. The molecule has 2 unspecified atom stereocenters. The first-order valence-corrected chi connectivity index (χ1v) is 7.22. The normalized spacial score (nSPS) is 21.9. The van der Waals surface area contributed by atoms with Crippen molar-refractivity contribution in [3.05, 3.63) is 35.9 Å². The molecule has 0 saturated carbocycles. The summed E-state index contributed by atoms with van der Waals surface area (Å²) >= 11 is 1.77. The molecule has 1 aromatic rings. The van der Waals surface area contributed by atoms with E-state index in [1.165, 1.54) is 0 Å². The van der Waals surface area contributed by atoms with Crippen molar-refractivity contribution >= 4 is 17.7 Å². The summed E-state index contributed by atoms with van der Waals surface area (Å²) in [6, 6.07) is 10.4. The number of nitrogens with zero attached hydrogens (tertiary/aromatic N) is 1. The highest BCUT2D eigenvalue weighted by atomic mass is 32.2. The van der Waals surface area contributed by atoms with Crippen LogP contribution in [0.4, 0.5) is 0 Å². The van der Waals surface area contributed by atoms with Crippen LogP contribution >= 0.6 is 11.8 Å². The van der Waals surface area contributed by atoms with E-state index >= 15 is 0 Å². The van der Waals surface area contributed by atoms with E-state index in [1.807, 2.05) is 23.1 Å². The Morgan fingerprint density at radius 3 is 2.82 bits per heavy atom. The highest BCUT2D eigenvalue weighted by Crippen LogP contribution is 2.25. The summed E-state index contributed by atoms with van der Waals surface area (Å²) in [7, 11) is 0. The summed E-state index contributed by atoms with van der Waals surface area (Å²) in [6.07, 6.45) is 2.10. The number of rotatable bonds is 4. The summed E-state index contributed by atoms with van der Waals surface area (Å²) in [5, 5.41) is 3.28. The van der Waals surface area contributed by atoms with Gasteiger partial charge in [-0.05, 0) is 18.7 Å². The van der Waals surface area contributed by atoms with Crippen LogP contribution in [-0.4, -0.2) is 35.4 Å². The Labute approximate surface area is 107 Å². The zero-order valence-corrected chi connectivity index (χ0v) is 11.0. The van der Waals surface area contributed by atoms with Gasteiger partial charge in [0.1, 0.15) is 6.17 Å². The van der Waals surface area contributed by atoms with E-state index in [-0.39, 0.29) is 18.1 Å². The monoisotopic (exact) mass is 250 g/mol. The second-order valence-corrected chi connectivity index (χ2v) is 5.21. The van der Waals surface area contributed by atoms with E-state index in [2.05, 4.69) is 30.6 Å². The predicted molar refractivity (Wildman–Crippen MR) is 71.9 cm³/mol. The van der Waals surface area contributed by atoms with Crippen LogP contribution < -0.4 is 5.32 Å². The smallest absolute Gasteiger partial charge is 0.238 e. The molecule has 1 aliphatic heterocycles. The molecule has 1 fully saturated rings. The quantitative estimate of drug-likeness (QED) is 0.885. The molecule has 2 rings (SSSR count). The van der Waals surface area contributed by atoms with Crippen molar-refractivity contribution < 1.29 is 4.79 Å². The second-order valence-electron chi connectivity index (χ2n) is 4.30. The lowest BCUT2D eigenvalue weighted by atomic mass is 10.1.